The van der Waals surface area contributed by atoms with Gasteiger partial charge in [0.15, 0.2) is 17.3 Å². The lowest BCUT2D eigenvalue weighted by Gasteiger charge is -2.28. The summed E-state index contributed by atoms with van der Waals surface area (Å²) >= 11 is 0. The van der Waals surface area contributed by atoms with Gasteiger partial charge in [0.2, 0.25) is 0 Å². The van der Waals surface area contributed by atoms with Crippen LogP contribution >= 0.6 is 0 Å². The van der Waals surface area contributed by atoms with Crippen LogP contribution < -0.4 is 15.4 Å². The molecule has 0 unspecified atom stereocenters. The Bertz CT molecular complexity index is 993. The van der Waals surface area contributed by atoms with Crippen molar-refractivity contribution in [2.75, 3.05) is 31.2 Å². The number of nitrogens with two attached hydrogens (primary N) is 1. The average molecular weight is 392 g/mol. The SMILES string of the molecule is NC(=O)c1ncccc1OCc1cc(N2CCOCC2)nc(-c2ccccn2)n1. The van der Waals surface area contributed by atoms with Gasteiger partial charge >= 0.3 is 0 Å². The molecule has 0 aliphatic carbocycles. The molecule has 1 saturated heterocycles. The third-order valence-corrected chi connectivity index (χ3v) is 4.37. The van der Waals surface area contributed by atoms with E-state index in [9.17, 15) is 4.79 Å². The van der Waals surface area contributed by atoms with E-state index in [1.807, 2.05) is 24.3 Å². The highest BCUT2D eigenvalue weighted by Gasteiger charge is 2.17. The highest BCUT2D eigenvalue weighted by atomic mass is 16.5. The summed E-state index contributed by atoms with van der Waals surface area (Å²) in [5, 5.41) is 0. The number of nitrogens with zero attached hydrogens (tertiary/aromatic N) is 5. The maximum atomic E-state index is 11.6. The van der Waals surface area contributed by atoms with Crippen molar-refractivity contribution >= 4 is 11.7 Å². The van der Waals surface area contributed by atoms with E-state index in [4.69, 9.17) is 15.2 Å². The number of hydrogen-bond acceptors (Lipinski definition) is 8. The number of rotatable bonds is 6. The smallest absolute Gasteiger partial charge is 0.271 e. The van der Waals surface area contributed by atoms with Crippen LogP contribution in [-0.2, 0) is 11.3 Å². The lowest BCUT2D eigenvalue weighted by Crippen LogP contribution is -2.37. The van der Waals surface area contributed by atoms with Gasteiger partial charge in [-0.2, -0.15) is 0 Å². The number of anilines is 1. The van der Waals surface area contributed by atoms with E-state index in [0.29, 0.717) is 36.2 Å². The molecule has 0 atom stereocenters. The predicted octanol–water partition coefficient (Wildman–Crippen LogP) is 1.45. The zero-order valence-corrected chi connectivity index (χ0v) is 15.7. The summed E-state index contributed by atoms with van der Waals surface area (Å²) in [6.45, 7) is 2.91. The number of carbonyl (C=O) groups is 1. The zero-order valence-electron chi connectivity index (χ0n) is 15.7. The van der Waals surface area contributed by atoms with E-state index in [0.717, 1.165) is 18.9 Å². The van der Waals surface area contributed by atoms with Crippen molar-refractivity contribution in [2.24, 2.45) is 5.73 Å². The van der Waals surface area contributed by atoms with Crippen molar-refractivity contribution in [2.45, 2.75) is 6.61 Å². The van der Waals surface area contributed by atoms with E-state index in [2.05, 4.69) is 24.8 Å². The van der Waals surface area contributed by atoms with Crippen molar-refractivity contribution in [3.05, 3.63) is 60.2 Å². The molecule has 1 aliphatic heterocycles. The van der Waals surface area contributed by atoms with Crippen LogP contribution in [0.15, 0.2) is 48.8 Å². The van der Waals surface area contributed by atoms with Crippen LogP contribution in [-0.4, -0.2) is 52.1 Å². The maximum Gasteiger partial charge on any atom is 0.271 e. The minimum atomic E-state index is -0.647. The van der Waals surface area contributed by atoms with Crippen LogP contribution in [0.1, 0.15) is 16.2 Å². The van der Waals surface area contributed by atoms with Gasteiger partial charge in [0.25, 0.3) is 5.91 Å². The molecule has 3 aromatic rings. The fraction of sp³-hybridized carbons (Fsp3) is 0.250. The van der Waals surface area contributed by atoms with Crippen molar-refractivity contribution in [1.29, 1.82) is 0 Å². The third kappa shape index (κ3) is 4.46. The lowest BCUT2D eigenvalue weighted by molar-refractivity contribution is 0.0990. The monoisotopic (exact) mass is 392 g/mol. The molecule has 9 nitrogen and oxygen atoms in total. The molecule has 1 aliphatic rings. The molecule has 4 rings (SSSR count). The molecule has 9 heteroatoms. The molecule has 2 N–H and O–H groups in total. The number of ether oxygens (including phenoxy) is 2. The average Bonchev–Trinajstić information content (AvgIpc) is 2.79. The minimum Gasteiger partial charge on any atom is -0.485 e. The fourth-order valence-corrected chi connectivity index (χ4v) is 2.96. The minimum absolute atomic E-state index is 0.0832. The summed E-state index contributed by atoms with van der Waals surface area (Å²) in [6, 6.07) is 10.8. The molecule has 4 heterocycles. The van der Waals surface area contributed by atoms with Crippen molar-refractivity contribution in [3.63, 3.8) is 0 Å². The number of aromatic nitrogens is 4. The van der Waals surface area contributed by atoms with E-state index in [-0.39, 0.29) is 12.3 Å². The normalized spacial score (nSPS) is 13.9. The van der Waals surface area contributed by atoms with Gasteiger partial charge in [-0.15, -0.1) is 0 Å². The molecule has 0 bridgehead atoms. The number of pyridine rings is 2. The molecule has 0 aromatic carbocycles. The molecule has 0 saturated carbocycles. The first-order chi connectivity index (χ1) is 14.2. The molecular formula is C20H20N6O3. The Kier molecular flexibility index (Phi) is 5.57. The molecule has 0 radical (unpaired) electrons. The van der Waals surface area contributed by atoms with Crippen molar-refractivity contribution in [3.8, 4) is 17.3 Å². The fourth-order valence-electron chi connectivity index (χ4n) is 2.96. The van der Waals surface area contributed by atoms with E-state index in [1.165, 1.54) is 6.20 Å². The van der Waals surface area contributed by atoms with E-state index < -0.39 is 5.91 Å². The summed E-state index contributed by atoms with van der Waals surface area (Å²) < 4.78 is 11.2. The van der Waals surface area contributed by atoms with Crippen LogP contribution in [0.3, 0.4) is 0 Å². The van der Waals surface area contributed by atoms with E-state index in [1.54, 1.807) is 18.3 Å². The van der Waals surface area contributed by atoms with Crippen LogP contribution in [0.4, 0.5) is 5.82 Å². The predicted molar refractivity (Wildman–Crippen MR) is 105 cm³/mol. The Morgan fingerprint density at radius 2 is 1.93 bits per heavy atom. The zero-order chi connectivity index (χ0) is 20.1. The first kappa shape index (κ1) is 18.8. The number of carbonyl (C=O) groups excluding carboxylic acids is 1. The molecule has 1 amide bonds. The molecular weight excluding hydrogens is 372 g/mol. The van der Waals surface area contributed by atoms with Gasteiger partial charge in [-0.25, -0.2) is 15.0 Å². The summed E-state index contributed by atoms with van der Waals surface area (Å²) in [5.74, 6) is 0.954. The second-order valence-electron chi connectivity index (χ2n) is 6.36. The Hall–Kier alpha value is -3.59. The lowest BCUT2D eigenvalue weighted by atomic mass is 10.3. The third-order valence-electron chi connectivity index (χ3n) is 4.37. The topological polar surface area (TPSA) is 116 Å². The first-order valence-corrected chi connectivity index (χ1v) is 9.20. The number of hydrogen-bond donors (Lipinski definition) is 1. The van der Waals surface area contributed by atoms with E-state index >= 15 is 0 Å². The van der Waals surface area contributed by atoms with Crippen molar-refractivity contribution < 1.29 is 14.3 Å². The summed E-state index contributed by atoms with van der Waals surface area (Å²) in [5.41, 5.74) is 6.78. The molecule has 1 fully saturated rings. The molecule has 3 aromatic heterocycles. The second-order valence-corrected chi connectivity index (χ2v) is 6.36. The standard InChI is InChI=1S/C20H20N6O3/c21-19(27)18-16(5-3-7-23-18)29-13-14-12-17(26-8-10-28-11-9-26)25-20(24-14)15-4-1-2-6-22-15/h1-7,12H,8-11,13H2,(H2,21,27). The van der Waals surface area contributed by atoms with Gasteiger partial charge in [0, 0.05) is 31.5 Å². The van der Waals surface area contributed by atoms with Gasteiger partial charge in [-0.05, 0) is 24.3 Å². The van der Waals surface area contributed by atoms with Gasteiger partial charge < -0.3 is 20.1 Å². The Balaban J connectivity index is 1.64. The molecule has 29 heavy (non-hydrogen) atoms. The highest BCUT2D eigenvalue weighted by molar-refractivity contribution is 5.93. The Labute approximate surface area is 167 Å². The largest absolute Gasteiger partial charge is 0.485 e. The Morgan fingerprint density at radius 3 is 2.69 bits per heavy atom. The van der Waals surface area contributed by atoms with Gasteiger partial charge in [-0.1, -0.05) is 6.07 Å². The van der Waals surface area contributed by atoms with Crippen LogP contribution in [0.2, 0.25) is 0 Å². The number of amides is 1. The summed E-state index contributed by atoms with van der Waals surface area (Å²) in [4.78, 5) is 31.3. The van der Waals surface area contributed by atoms with Crippen LogP contribution in [0, 0.1) is 0 Å². The summed E-state index contributed by atoms with van der Waals surface area (Å²) in [7, 11) is 0. The van der Waals surface area contributed by atoms with Gasteiger partial charge in [0.1, 0.15) is 18.1 Å². The van der Waals surface area contributed by atoms with Gasteiger partial charge in [-0.3, -0.25) is 9.78 Å². The maximum absolute atomic E-state index is 11.6. The molecule has 148 valence electrons. The second kappa shape index (κ2) is 8.61. The highest BCUT2D eigenvalue weighted by Crippen LogP contribution is 2.22. The quantitative estimate of drug-likeness (QED) is 0.670. The van der Waals surface area contributed by atoms with Crippen LogP contribution in [0.25, 0.3) is 11.5 Å². The molecule has 0 spiro atoms. The number of morpholine rings is 1. The first-order valence-electron chi connectivity index (χ1n) is 9.20. The Morgan fingerprint density at radius 1 is 1.10 bits per heavy atom. The van der Waals surface area contributed by atoms with Crippen molar-refractivity contribution in [1.82, 2.24) is 19.9 Å². The summed E-state index contributed by atoms with van der Waals surface area (Å²) in [6.07, 6.45) is 3.19. The van der Waals surface area contributed by atoms with Gasteiger partial charge in [0.05, 0.1) is 18.9 Å². The number of primary amides is 1. The van der Waals surface area contributed by atoms with Crippen LogP contribution in [0.5, 0.6) is 5.75 Å².